The zero-order valence-corrected chi connectivity index (χ0v) is 18.2. The van der Waals surface area contributed by atoms with Gasteiger partial charge in [-0.25, -0.2) is 8.42 Å². The minimum absolute atomic E-state index is 0.157. The molecule has 1 amide bonds. The molecule has 0 aromatic heterocycles. The van der Waals surface area contributed by atoms with Crippen molar-refractivity contribution in [1.29, 1.82) is 0 Å². The topological polar surface area (TPSA) is 84.5 Å². The van der Waals surface area contributed by atoms with E-state index in [1.165, 1.54) is 12.1 Å². The van der Waals surface area contributed by atoms with Gasteiger partial charge >= 0.3 is 0 Å². The smallest absolute Gasteiger partial charge is 0.261 e. The van der Waals surface area contributed by atoms with Crippen LogP contribution >= 0.6 is 0 Å². The van der Waals surface area contributed by atoms with Crippen molar-refractivity contribution in [3.05, 3.63) is 84.4 Å². The van der Waals surface area contributed by atoms with E-state index in [2.05, 4.69) is 10.0 Å². The van der Waals surface area contributed by atoms with Crippen LogP contribution < -0.4 is 14.8 Å². The Morgan fingerprint density at radius 1 is 0.871 bits per heavy atom. The molecule has 0 saturated heterocycles. The fourth-order valence-corrected chi connectivity index (χ4v) is 4.08. The Morgan fingerprint density at radius 2 is 1.58 bits per heavy atom. The van der Waals surface area contributed by atoms with Crippen molar-refractivity contribution in [2.45, 2.75) is 31.1 Å². The molecule has 162 valence electrons. The standard InChI is InChI=1S/C24H26N2O4S/c1-19-10-9-11-20(18-19)30-17-8-7-16-24(27)25-22-14-5-6-15-23(22)26-31(28,29)21-12-3-2-4-13-21/h2-6,9-15,18,26H,7-8,16-17H2,1H3,(H,25,27). The molecule has 0 bridgehead atoms. The van der Waals surface area contributed by atoms with Crippen molar-refractivity contribution < 1.29 is 17.9 Å². The monoisotopic (exact) mass is 438 g/mol. The molecule has 0 radical (unpaired) electrons. The number of nitrogens with one attached hydrogen (secondary N) is 2. The third-order valence-corrected chi connectivity index (χ3v) is 5.94. The highest BCUT2D eigenvalue weighted by Gasteiger charge is 2.16. The molecule has 2 N–H and O–H groups in total. The first-order valence-corrected chi connectivity index (χ1v) is 11.6. The molecule has 3 aromatic carbocycles. The molecule has 0 aliphatic carbocycles. The molecule has 0 unspecified atom stereocenters. The predicted molar refractivity (Wildman–Crippen MR) is 123 cm³/mol. The van der Waals surface area contributed by atoms with Gasteiger partial charge in [0.05, 0.1) is 22.9 Å². The lowest BCUT2D eigenvalue weighted by Gasteiger charge is -2.13. The lowest BCUT2D eigenvalue weighted by Crippen LogP contribution is -2.17. The number of rotatable bonds is 10. The highest BCUT2D eigenvalue weighted by Crippen LogP contribution is 2.24. The summed E-state index contributed by atoms with van der Waals surface area (Å²) in [6.07, 6.45) is 1.72. The van der Waals surface area contributed by atoms with Crippen LogP contribution in [0.15, 0.2) is 83.8 Å². The average Bonchev–Trinajstić information content (AvgIpc) is 2.75. The summed E-state index contributed by atoms with van der Waals surface area (Å²) in [6, 6.07) is 22.7. The van der Waals surface area contributed by atoms with Crippen LogP contribution in [0.2, 0.25) is 0 Å². The van der Waals surface area contributed by atoms with Crippen molar-refractivity contribution in [3.8, 4) is 5.75 Å². The molecule has 0 fully saturated rings. The second-order valence-corrected chi connectivity index (χ2v) is 8.82. The summed E-state index contributed by atoms with van der Waals surface area (Å²) in [5.41, 5.74) is 1.88. The second-order valence-electron chi connectivity index (χ2n) is 7.13. The number of hydrogen-bond acceptors (Lipinski definition) is 4. The summed E-state index contributed by atoms with van der Waals surface area (Å²) in [7, 11) is -3.74. The largest absolute Gasteiger partial charge is 0.494 e. The van der Waals surface area contributed by atoms with Crippen LogP contribution in [0.3, 0.4) is 0 Å². The molecule has 0 aliphatic rings. The van der Waals surface area contributed by atoms with E-state index in [1.807, 2.05) is 31.2 Å². The van der Waals surface area contributed by atoms with Gasteiger partial charge < -0.3 is 10.1 Å². The first-order valence-electron chi connectivity index (χ1n) is 10.1. The summed E-state index contributed by atoms with van der Waals surface area (Å²) in [5.74, 6) is 0.644. The van der Waals surface area contributed by atoms with Gasteiger partial charge in [0.15, 0.2) is 0 Å². The Morgan fingerprint density at radius 3 is 2.32 bits per heavy atom. The van der Waals surface area contributed by atoms with E-state index in [0.29, 0.717) is 30.8 Å². The predicted octanol–water partition coefficient (Wildman–Crippen LogP) is 4.98. The number of anilines is 2. The van der Waals surface area contributed by atoms with Crippen LogP contribution in [-0.4, -0.2) is 20.9 Å². The SMILES string of the molecule is Cc1cccc(OCCCCC(=O)Nc2ccccc2NS(=O)(=O)c2ccccc2)c1. The molecule has 0 saturated carbocycles. The van der Waals surface area contributed by atoms with Crippen molar-refractivity contribution in [2.75, 3.05) is 16.6 Å². The zero-order valence-electron chi connectivity index (χ0n) is 17.4. The zero-order chi connectivity index (χ0) is 22.1. The fourth-order valence-electron chi connectivity index (χ4n) is 2.98. The van der Waals surface area contributed by atoms with Gasteiger partial charge in [-0.05, 0) is 61.7 Å². The van der Waals surface area contributed by atoms with Crippen molar-refractivity contribution >= 4 is 27.3 Å². The van der Waals surface area contributed by atoms with Crippen LogP contribution in [0.25, 0.3) is 0 Å². The summed E-state index contributed by atoms with van der Waals surface area (Å²) >= 11 is 0. The number of ether oxygens (including phenoxy) is 1. The van der Waals surface area contributed by atoms with Crippen LogP contribution in [0.5, 0.6) is 5.75 Å². The maximum atomic E-state index is 12.6. The Kier molecular flexibility index (Phi) is 7.67. The quantitative estimate of drug-likeness (QED) is 0.437. The molecular weight excluding hydrogens is 412 g/mol. The van der Waals surface area contributed by atoms with Crippen LogP contribution in [0.4, 0.5) is 11.4 Å². The number of para-hydroxylation sites is 2. The molecule has 0 atom stereocenters. The van der Waals surface area contributed by atoms with Crippen LogP contribution in [-0.2, 0) is 14.8 Å². The van der Waals surface area contributed by atoms with Gasteiger partial charge in [-0.3, -0.25) is 9.52 Å². The Bertz CT molecular complexity index is 1120. The number of amides is 1. The molecule has 3 rings (SSSR count). The summed E-state index contributed by atoms with van der Waals surface area (Å²) in [6.45, 7) is 2.54. The van der Waals surface area contributed by atoms with E-state index in [9.17, 15) is 13.2 Å². The molecular formula is C24H26N2O4S. The number of benzene rings is 3. The van der Waals surface area contributed by atoms with Gasteiger partial charge in [-0.1, -0.05) is 42.5 Å². The first kappa shape index (κ1) is 22.4. The minimum atomic E-state index is -3.74. The number of aryl methyl sites for hydroxylation is 1. The Balaban J connectivity index is 1.50. The lowest BCUT2D eigenvalue weighted by atomic mass is 10.2. The maximum Gasteiger partial charge on any atom is 0.261 e. The van der Waals surface area contributed by atoms with Gasteiger partial charge in [0.1, 0.15) is 5.75 Å². The molecule has 0 aliphatic heterocycles. The van der Waals surface area contributed by atoms with Gasteiger partial charge in [0, 0.05) is 6.42 Å². The third-order valence-electron chi connectivity index (χ3n) is 4.56. The van der Waals surface area contributed by atoms with Gasteiger partial charge in [-0.15, -0.1) is 0 Å². The van der Waals surface area contributed by atoms with E-state index >= 15 is 0 Å². The lowest BCUT2D eigenvalue weighted by molar-refractivity contribution is -0.116. The van der Waals surface area contributed by atoms with E-state index < -0.39 is 10.0 Å². The third kappa shape index (κ3) is 6.86. The van der Waals surface area contributed by atoms with Gasteiger partial charge in [0.2, 0.25) is 5.91 Å². The summed E-state index contributed by atoms with van der Waals surface area (Å²) < 4.78 is 33.4. The number of carbonyl (C=O) groups excluding carboxylic acids is 1. The van der Waals surface area contributed by atoms with Crippen molar-refractivity contribution in [3.63, 3.8) is 0 Å². The second kappa shape index (κ2) is 10.6. The molecule has 0 heterocycles. The minimum Gasteiger partial charge on any atom is -0.494 e. The summed E-state index contributed by atoms with van der Waals surface area (Å²) in [5, 5.41) is 2.79. The fraction of sp³-hybridized carbons (Fsp3) is 0.208. The maximum absolute atomic E-state index is 12.6. The van der Waals surface area contributed by atoms with Crippen molar-refractivity contribution in [1.82, 2.24) is 0 Å². The Labute approximate surface area is 183 Å². The van der Waals surface area contributed by atoms with E-state index in [1.54, 1.807) is 42.5 Å². The van der Waals surface area contributed by atoms with Crippen LogP contribution in [0.1, 0.15) is 24.8 Å². The van der Waals surface area contributed by atoms with Gasteiger partial charge in [-0.2, -0.15) is 0 Å². The molecule has 31 heavy (non-hydrogen) atoms. The average molecular weight is 439 g/mol. The number of hydrogen-bond donors (Lipinski definition) is 2. The Hall–Kier alpha value is -3.32. The van der Waals surface area contributed by atoms with Gasteiger partial charge in [0.25, 0.3) is 10.0 Å². The van der Waals surface area contributed by atoms with Crippen LogP contribution in [0, 0.1) is 6.92 Å². The first-order chi connectivity index (χ1) is 14.9. The number of carbonyl (C=O) groups is 1. The van der Waals surface area contributed by atoms with E-state index in [4.69, 9.17) is 4.74 Å². The molecule has 0 spiro atoms. The van der Waals surface area contributed by atoms with E-state index in [-0.39, 0.29) is 10.8 Å². The van der Waals surface area contributed by atoms with Crippen molar-refractivity contribution in [2.24, 2.45) is 0 Å². The molecule has 6 nitrogen and oxygen atoms in total. The summed E-state index contributed by atoms with van der Waals surface area (Å²) in [4.78, 5) is 12.5. The van der Waals surface area contributed by atoms with E-state index in [0.717, 1.165) is 17.7 Å². The normalized spacial score (nSPS) is 11.0. The highest BCUT2D eigenvalue weighted by atomic mass is 32.2. The highest BCUT2D eigenvalue weighted by molar-refractivity contribution is 7.92. The number of unbranched alkanes of at least 4 members (excludes halogenated alkanes) is 1. The molecule has 3 aromatic rings. The molecule has 7 heteroatoms. The number of sulfonamides is 1.